The first-order valence-corrected chi connectivity index (χ1v) is 6.54. The minimum absolute atomic E-state index is 0.0523. The van der Waals surface area contributed by atoms with E-state index in [0.717, 1.165) is 18.4 Å². The number of hydrogen-bond donors (Lipinski definition) is 2. The molecule has 0 aliphatic rings. The van der Waals surface area contributed by atoms with E-state index in [0.29, 0.717) is 12.5 Å². The second-order valence-corrected chi connectivity index (χ2v) is 5.01. The average molecular weight is 235 g/mol. The standard InChI is InChI=1S/C15H25NO/c1-4-6-12(3)15(17)14(10-16)13-8-5-7-11(2)9-13/h5,7-9,12,14-15,17H,4,6,10,16H2,1-3H3. The fraction of sp³-hybridized carbons (Fsp3) is 0.600. The highest BCUT2D eigenvalue weighted by Gasteiger charge is 2.24. The van der Waals surface area contributed by atoms with Gasteiger partial charge in [-0.3, -0.25) is 0 Å². The van der Waals surface area contributed by atoms with Crippen molar-refractivity contribution in [2.75, 3.05) is 6.54 Å². The Labute approximate surface area is 105 Å². The lowest BCUT2D eigenvalue weighted by Crippen LogP contribution is -2.31. The van der Waals surface area contributed by atoms with Crippen molar-refractivity contribution >= 4 is 0 Å². The van der Waals surface area contributed by atoms with Gasteiger partial charge in [0.15, 0.2) is 0 Å². The molecule has 96 valence electrons. The van der Waals surface area contributed by atoms with Crippen molar-refractivity contribution in [1.29, 1.82) is 0 Å². The van der Waals surface area contributed by atoms with Crippen molar-refractivity contribution in [3.05, 3.63) is 35.4 Å². The molecule has 0 aromatic heterocycles. The van der Waals surface area contributed by atoms with Gasteiger partial charge in [0.2, 0.25) is 0 Å². The topological polar surface area (TPSA) is 46.2 Å². The van der Waals surface area contributed by atoms with Crippen LogP contribution in [0.25, 0.3) is 0 Å². The predicted octanol–water partition coefficient (Wildman–Crippen LogP) is 2.83. The second kappa shape index (κ2) is 6.77. The number of nitrogens with two attached hydrogens (primary N) is 1. The molecular formula is C15H25NO. The second-order valence-electron chi connectivity index (χ2n) is 5.01. The van der Waals surface area contributed by atoms with E-state index in [-0.39, 0.29) is 12.0 Å². The number of benzene rings is 1. The third-order valence-electron chi connectivity index (χ3n) is 3.46. The van der Waals surface area contributed by atoms with Crippen LogP contribution in [0.3, 0.4) is 0 Å². The molecule has 0 fully saturated rings. The molecule has 0 spiro atoms. The first kappa shape index (κ1) is 14.2. The third-order valence-corrected chi connectivity index (χ3v) is 3.46. The molecule has 1 rings (SSSR count). The highest BCUT2D eigenvalue weighted by Crippen LogP contribution is 2.26. The smallest absolute Gasteiger partial charge is 0.0646 e. The molecule has 0 saturated carbocycles. The van der Waals surface area contributed by atoms with Gasteiger partial charge in [-0.05, 0) is 24.8 Å². The van der Waals surface area contributed by atoms with Gasteiger partial charge in [0.1, 0.15) is 0 Å². The molecule has 2 nitrogen and oxygen atoms in total. The summed E-state index contributed by atoms with van der Waals surface area (Å²) in [5.41, 5.74) is 8.20. The Bertz CT molecular complexity index is 337. The van der Waals surface area contributed by atoms with Crippen molar-refractivity contribution < 1.29 is 5.11 Å². The Morgan fingerprint density at radius 1 is 1.35 bits per heavy atom. The van der Waals surface area contributed by atoms with E-state index >= 15 is 0 Å². The maximum Gasteiger partial charge on any atom is 0.0646 e. The van der Waals surface area contributed by atoms with Gasteiger partial charge < -0.3 is 10.8 Å². The van der Waals surface area contributed by atoms with Crippen LogP contribution in [-0.4, -0.2) is 17.8 Å². The third kappa shape index (κ3) is 3.83. The summed E-state index contributed by atoms with van der Waals surface area (Å²) < 4.78 is 0. The maximum absolute atomic E-state index is 10.4. The zero-order valence-electron chi connectivity index (χ0n) is 11.2. The number of rotatable bonds is 6. The first-order valence-electron chi connectivity index (χ1n) is 6.54. The number of hydrogen-bond acceptors (Lipinski definition) is 2. The first-order chi connectivity index (χ1) is 8.10. The molecular weight excluding hydrogens is 210 g/mol. The van der Waals surface area contributed by atoms with Gasteiger partial charge in [-0.1, -0.05) is 50.1 Å². The van der Waals surface area contributed by atoms with E-state index in [1.807, 2.05) is 6.07 Å². The van der Waals surface area contributed by atoms with Crippen molar-refractivity contribution in [2.24, 2.45) is 11.7 Å². The summed E-state index contributed by atoms with van der Waals surface area (Å²) in [6, 6.07) is 8.29. The molecule has 0 amide bonds. The Hall–Kier alpha value is -0.860. The summed E-state index contributed by atoms with van der Waals surface area (Å²) in [5.74, 6) is 0.352. The van der Waals surface area contributed by atoms with Gasteiger partial charge >= 0.3 is 0 Å². The van der Waals surface area contributed by atoms with Gasteiger partial charge in [-0.2, -0.15) is 0 Å². The number of aliphatic hydroxyl groups is 1. The van der Waals surface area contributed by atoms with Crippen LogP contribution >= 0.6 is 0 Å². The monoisotopic (exact) mass is 235 g/mol. The van der Waals surface area contributed by atoms with Crippen LogP contribution in [0, 0.1) is 12.8 Å². The van der Waals surface area contributed by atoms with E-state index in [1.54, 1.807) is 0 Å². The minimum atomic E-state index is -0.346. The van der Waals surface area contributed by atoms with Gasteiger partial charge in [-0.15, -0.1) is 0 Å². The van der Waals surface area contributed by atoms with Gasteiger partial charge in [0.25, 0.3) is 0 Å². The molecule has 3 N–H and O–H groups in total. The normalized spacial score (nSPS) is 16.5. The highest BCUT2D eigenvalue weighted by molar-refractivity contribution is 5.26. The Balaban J connectivity index is 2.83. The lowest BCUT2D eigenvalue weighted by atomic mass is 9.84. The summed E-state index contributed by atoms with van der Waals surface area (Å²) in [7, 11) is 0. The van der Waals surface area contributed by atoms with Crippen LogP contribution in [0.1, 0.15) is 43.7 Å². The lowest BCUT2D eigenvalue weighted by Gasteiger charge is -2.27. The van der Waals surface area contributed by atoms with E-state index in [4.69, 9.17) is 5.73 Å². The molecule has 1 aromatic carbocycles. The van der Waals surface area contributed by atoms with Gasteiger partial charge in [0.05, 0.1) is 6.10 Å². The molecule has 3 atom stereocenters. The van der Waals surface area contributed by atoms with Crippen LogP contribution in [0.4, 0.5) is 0 Å². The van der Waals surface area contributed by atoms with Crippen LogP contribution < -0.4 is 5.73 Å². The fourth-order valence-electron chi connectivity index (χ4n) is 2.40. The molecule has 0 bridgehead atoms. The molecule has 0 heterocycles. The van der Waals surface area contributed by atoms with Crippen molar-refractivity contribution in [1.82, 2.24) is 0 Å². The largest absolute Gasteiger partial charge is 0.392 e. The van der Waals surface area contributed by atoms with E-state index in [1.165, 1.54) is 5.56 Å². The molecule has 17 heavy (non-hydrogen) atoms. The summed E-state index contributed by atoms with van der Waals surface area (Å²) in [6.07, 6.45) is 1.80. The lowest BCUT2D eigenvalue weighted by molar-refractivity contribution is 0.0858. The molecule has 2 heteroatoms. The van der Waals surface area contributed by atoms with Crippen molar-refractivity contribution in [3.63, 3.8) is 0 Å². The quantitative estimate of drug-likeness (QED) is 0.796. The van der Waals surface area contributed by atoms with Crippen LogP contribution in [0.5, 0.6) is 0 Å². The maximum atomic E-state index is 10.4. The fourth-order valence-corrected chi connectivity index (χ4v) is 2.40. The SMILES string of the molecule is CCCC(C)C(O)C(CN)c1cccc(C)c1. The molecule has 0 radical (unpaired) electrons. The van der Waals surface area contributed by atoms with E-state index in [2.05, 4.69) is 39.0 Å². The molecule has 3 unspecified atom stereocenters. The Morgan fingerprint density at radius 3 is 2.59 bits per heavy atom. The molecule has 0 saturated heterocycles. The predicted molar refractivity (Wildman–Crippen MR) is 73.1 cm³/mol. The summed E-state index contributed by atoms with van der Waals surface area (Å²) in [6.45, 7) is 6.82. The van der Waals surface area contributed by atoms with E-state index in [9.17, 15) is 5.11 Å². The van der Waals surface area contributed by atoms with E-state index < -0.39 is 0 Å². The van der Waals surface area contributed by atoms with Crippen molar-refractivity contribution in [2.45, 2.75) is 45.6 Å². The number of aryl methyl sites for hydroxylation is 1. The van der Waals surface area contributed by atoms with Crippen LogP contribution in [-0.2, 0) is 0 Å². The molecule has 0 aliphatic heterocycles. The summed E-state index contributed by atoms with van der Waals surface area (Å²) in [4.78, 5) is 0. The molecule has 1 aromatic rings. The zero-order valence-corrected chi connectivity index (χ0v) is 11.2. The van der Waals surface area contributed by atoms with Gasteiger partial charge in [-0.25, -0.2) is 0 Å². The zero-order chi connectivity index (χ0) is 12.8. The van der Waals surface area contributed by atoms with Gasteiger partial charge in [0, 0.05) is 12.5 Å². The summed E-state index contributed by atoms with van der Waals surface area (Å²) in [5, 5.41) is 10.4. The highest BCUT2D eigenvalue weighted by atomic mass is 16.3. The molecule has 0 aliphatic carbocycles. The Kier molecular flexibility index (Phi) is 5.66. The average Bonchev–Trinajstić information content (AvgIpc) is 2.30. The Morgan fingerprint density at radius 2 is 2.06 bits per heavy atom. The van der Waals surface area contributed by atoms with Crippen molar-refractivity contribution in [3.8, 4) is 0 Å². The van der Waals surface area contributed by atoms with Crippen LogP contribution in [0.2, 0.25) is 0 Å². The summed E-state index contributed by atoms with van der Waals surface area (Å²) >= 11 is 0. The number of aliphatic hydroxyl groups excluding tert-OH is 1. The van der Waals surface area contributed by atoms with Crippen LogP contribution in [0.15, 0.2) is 24.3 Å². The minimum Gasteiger partial charge on any atom is -0.392 e.